The molecule has 0 unspecified atom stereocenters. The van der Waals surface area contributed by atoms with Crippen molar-refractivity contribution in [1.82, 2.24) is 10.0 Å². The average Bonchev–Trinajstić information content (AvgIpc) is 3.44. The van der Waals surface area contributed by atoms with Gasteiger partial charge in [-0.15, -0.1) is 0 Å². The van der Waals surface area contributed by atoms with Gasteiger partial charge in [-0.05, 0) is 55.2 Å². The number of carbonyl (C=O) groups is 1. The second kappa shape index (κ2) is 8.29. The van der Waals surface area contributed by atoms with Gasteiger partial charge in [-0.2, -0.15) is 0 Å². The van der Waals surface area contributed by atoms with Gasteiger partial charge in [0.2, 0.25) is 10.0 Å². The van der Waals surface area contributed by atoms with Gasteiger partial charge < -0.3 is 10.1 Å². The molecule has 6 nitrogen and oxygen atoms in total. The SMILES string of the molecule is COc1ccc(C(=O)NCCc2cccc(Cl)c2)cc1S(=O)(=O)NC1CC1. The highest BCUT2D eigenvalue weighted by atomic mass is 35.5. The van der Waals surface area contributed by atoms with Crippen molar-refractivity contribution in [3.63, 3.8) is 0 Å². The van der Waals surface area contributed by atoms with Crippen LogP contribution in [0, 0.1) is 0 Å². The molecule has 0 aromatic heterocycles. The first kappa shape index (κ1) is 19.7. The fourth-order valence-corrected chi connectivity index (χ4v) is 4.34. The van der Waals surface area contributed by atoms with E-state index in [2.05, 4.69) is 10.0 Å². The smallest absolute Gasteiger partial charge is 0.251 e. The summed E-state index contributed by atoms with van der Waals surface area (Å²) >= 11 is 5.95. The number of hydrogen-bond donors (Lipinski definition) is 2. The maximum Gasteiger partial charge on any atom is 0.251 e. The van der Waals surface area contributed by atoms with E-state index in [-0.39, 0.29) is 28.2 Å². The van der Waals surface area contributed by atoms with Gasteiger partial charge in [-0.3, -0.25) is 4.79 Å². The van der Waals surface area contributed by atoms with Crippen LogP contribution < -0.4 is 14.8 Å². The Kier molecular flexibility index (Phi) is 6.04. The molecule has 144 valence electrons. The van der Waals surface area contributed by atoms with Crippen molar-refractivity contribution in [2.45, 2.75) is 30.2 Å². The molecule has 1 fully saturated rings. The molecule has 0 heterocycles. The molecule has 0 saturated heterocycles. The fraction of sp³-hybridized carbons (Fsp3) is 0.316. The van der Waals surface area contributed by atoms with Gasteiger partial charge in [0.25, 0.3) is 5.91 Å². The van der Waals surface area contributed by atoms with Crippen LogP contribution >= 0.6 is 11.6 Å². The lowest BCUT2D eigenvalue weighted by molar-refractivity contribution is 0.0954. The van der Waals surface area contributed by atoms with Crippen LogP contribution in [0.5, 0.6) is 5.75 Å². The third-order valence-electron chi connectivity index (χ3n) is 4.20. The highest BCUT2D eigenvalue weighted by Gasteiger charge is 2.30. The molecule has 1 amide bonds. The molecule has 8 heteroatoms. The Balaban J connectivity index is 1.70. The number of methoxy groups -OCH3 is 1. The first-order valence-electron chi connectivity index (χ1n) is 8.62. The molecule has 2 aromatic carbocycles. The van der Waals surface area contributed by atoms with Gasteiger partial charge in [0.1, 0.15) is 10.6 Å². The standard InChI is InChI=1S/C19H21ClN2O4S/c1-26-17-8-5-14(12-18(17)27(24,25)22-16-6-7-16)19(23)21-10-9-13-3-2-4-15(20)11-13/h2-5,8,11-12,16,22H,6-7,9-10H2,1H3,(H,21,23). The number of ether oxygens (including phenoxy) is 1. The lowest BCUT2D eigenvalue weighted by atomic mass is 10.1. The summed E-state index contributed by atoms with van der Waals surface area (Å²) in [5.74, 6) is -0.138. The highest BCUT2D eigenvalue weighted by molar-refractivity contribution is 7.89. The van der Waals surface area contributed by atoms with Gasteiger partial charge >= 0.3 is 0 Å². The Labute approximate surface area is 163 Å². The molecule has 1 aliphatic carbocycles. The van der Waals surface area contributed by atoms with E-state index in [9.17, 15) is 13.2 Å². The Bertz CT molecular complexity index is 942. The largest absolute Gasteiger partial charge is 0.495 e. The number of amides is 1. The van der Waals surface area contributed by atoms with Crippen molar-refractivity contribution in [1.29, 1.82) is 0 Å². The van der Waals surface area contributed by atoms with Crippen molar-refractivity contribution < 1.29 is 17.9 Å². The lowest BCUT2D eigenvalue weighted by Gasteiger charge is -2.12. The molecule has 0 radical (unpaired) electrons. The molecule has 0 spiro atoms. The highest BCUT2D eigenvalue weighted by Crippen LogP contribution is 2.28. The predicted octanol–water partition coefficient (Wildman–Crippen LogP) is 2.76. The summed E-state index contributed by atoms with van der Waals surface area (Å²) in [7, 11) is -2.33. The van der Waals surface area contributed by atoms with Crippen molar-refractivity contribution in [3.05, 3.63) is 58.6 Å². The van der Waals surface area contributed by atoms with E-state index in [1.165, 1.54) is 19.2 Å². The number of hydrogen-bond acceptors (Lipinski definition) is 4. The van der Waals surface area contributed by atoms with Gasteiger partial charge in [0.05, 0.1) is 7.11 Å². The van der Waals surface area contributed by atoms with Crippen LogP contribution in [-0.4, -0.2) is 34.0 Å². The maximum atomic E-state index is 12.5. The van der Waals surface area contributed by atoms with E-state index in [0.29, 0.717) is 18.0 Å². The summed E-state index contributed by atoms with van der Waals surface area (Å²) < 4.78 is 32.8. The minimum Gasteiger partial charge on any atom is -0.495 e. The molecular formula is C19H21ClN2O4S. The second-order valence-electron chi connectivity index (χ2n) is 6.40. The third-order valence-corrected chi connectivity index (χ3v) is 5.98. The monoisotopic (exact) mass is 408 g/mol. The van der Waals surface area contributed by atoms with Crippen LogP contribution in [0.4, 0.5) is 0 Å². The molecule has 1 aliphatic rings. The minimum atomic E-state index is -3.73. The van der Waals surface area contributed by atoms with Gasteiger partial charge in [0, 0.05) is 23.2 Å². The summed E-state index contributed by atoms with van der Waals surface area (Å²) in [6.07, 6.45) is 2.27. The molecule has 0 aliphatic heterocycles. The first-order valence-corrected chi connectivity index (χ1v) is 10.5. The van der Waals surface area contributed by atoms with Gasteiger partial charge in [-0.25, -0.2) is 13.1 Å². The Morgan fingerprint density at radius 3 is 2.67 bits per heavy atom. The number of carbonyl (C=O) groups excluding carboxylic acids is 1. The van der Waals surface area contributed by atoms with Crippen LogP contribution in [0.2, 0.25) is 5.02 Å². The summed E-state index contributed by atoms with van der Waals surface area (Å²) in [6.45, 7) is 0.410. The van der Waals surface area contributed by atoms with Crippen molar-refractivity contribution >= 4 is 27.5 Å². The van der Waals surface area contributed by atoms with E-state index in [1.54, 1.807) is 12.1 Å². The summed E-state index contributed by atoms with van der Waals surface area (Å²) in [5.41, 5.74) is 1.27. The van der Waals surface area contributed by atoms with Crippen LogP contribution in [0.1, 0.15) is 28.8 Å². The number of nitrogens with one attached hydrogen (secondary N) is 2. The molecule has 3 rings (SSSR count). The Morgan fingerprint density at radius 1 is 1.22 bits per heavy atom. The first-order chi connectivity index (χ1) is 12.9. The fourth-order valence-electron chi connectivity index (χ4n) is 2.63. The average molecular weight is 409 g/mol. The third kappa shape index (κ3) is 5.22. The molecule has 0 atom stereocenters. The quantitative estimate of drug-likeness (QED) is 0.703. The minimum absolute atomic E-state index is 0.0283. The molecule has 2 aromatic rings. The number of benzene rings is 2. The molecular weight excluding hydrogens is 388 g/mol. The molecule has 2 N–H and O–H groups in total. The van der Waals surface area contributed by atoms with Crippen molar-refractivity contribution in [2.24, 2.45) is 0 Å². The number of halogens is 1. The summed E-state index contributed by atoms with van der Waals surface area (Å²) in [4.78, 5) is 12.4. The van der Waals surface area contributed by atoms with Crippen LogP contribution in [0.25, 0.3) is 0 Å². The molecule has 27 heavy (non-hydrogen) atoms. The summed E-state index contributed by atoms with van der Waals surface area (Å²) in [5, 5.41) is 3.44. The van der Waals surface area contributed by atoms with Crippen molar-refractivity contribution in [3.8, 4) is 5.75 Å². The zero-order valence-electron chi connectivity index (χ0n) is 14.9. The lowest BCUT2D eigenvalue weighted by Crippen LogP contribution is -2.28. The van der Waals surface area contributed by atoms with E-state index in [1.807, 2.05) is 18.2 Å². The van der Waals surface area contributed by atoms with Crippen LogP contribution in [0.15, 0.2) is 47.4 Å². The van der Waals surface area contributed by atoms with E-state index < -0.39 is 10.0 Å². The second-order valence-corrected chi connectivity index (χ2v) is 8.52. The van der Waals surface area contributed by atoms with E-state index in [0.717, 1.165) is 18.4 Å². The summed E-state index contributed by atoms with van der Waals surface area (Å²) in [6, 6.07) is 11.8. The van der Waals surface area contributed by atoms with Crippen molar-refractivity contribution in [2.75, 3.05) is 13.7 Å². The topological polar surface area (TPSA) is 84.5 Å². The Morgan fingerprint density at radius 2 is 2.00 bits per heavy atom. The van der Waals surface area contributed by atoms with Gasteiger partial charge in [-0.1, -0.05) is 23.7 Å². The molecule has 0 bridgehead atoms. The zero-order valence-corrected chi connectivity index (χ0v) is 16.4. The molecule has 1 saturated carbocycles. The Hall–Kier alpha value is -2.09. The van der Waals surface area contributed by atoms with E-state index in [4.69, 9.17) is 16.3 Å². The predicted molar refractivity (Wildman–Crippen MR) is 104 cm³/mol. The van der Waals surface area contributed by atoms with Crippen LogP contribution in [0.3, 0.4) is 0 Å². The number of sulfonamides is 1. The maximum absolute atomic E-state index is 12.5. The number of rotatable bonds is 8. The zero-order chi connectivity index (χ0) is 19.4. The van der Waals surface area contributed by atoms with Gasteiger partial charge in [0.15, 0.2) is 0 Å². The van der Waals surface area contributed by atoms with Crippen LogP contribution in [-0.2, 0) is 16.4 Å². The normalized spacial score (nSPS) is 14.0. The van der Waals surface area contributed by atoms with E-state index >= 15 is 0 Å².